The number of nitrogens with zero attached hydrogens (tertiary/aromatic N) is 3. The first-order chi connectivity index (χ1) is 20.0. The Morgan fingerprint density at radius 3 is 2.66 bits per heavy atom. The van der Waals surface area contributed by atoms with Crippen molar-refractivity contribution in [2.75, 3.05) is 32.9 Å². The summed E-state index contributed by atoms with van der Waals surface area (Å²) in [6.45, 7) is 3.20. The lowest BCUT2D eigenvalue weighted by Gasteiger charge is -2.30. The summed E-state index contributed by atoms with van der Waals surface area (Å²) in [5.41, 5.74) is 3.00. The van der Waals surface area contributed by atoms with Gasteiger partial charge in [0.05, 0.1) is 31.1 Å². The number of ether oxygens (including phenoxy) is 3. The van der Waals surface area contributed by atoms with Gasteiger partial charge in [0.15, 0.2) is 0 Å². The molecule has 41 heavy (non-hydrogen) atoms. The van der Waals surface area contributed by atoms with Gasteiger partial charge in [0.1, 0.15) is 18.5 Å². The van der Waals surface area contributed by atoms with Crippen LogP contribution in [-0.2, 0) is 28.4 Å². The fraction of sp³-hybridized carbons (Fsp3) is 0.281. The molecule has 0 saturated carbocycles. The van der Waals surface area contributed by atoms with Gasteiger partial charge in [-0.05, 0) is 35.4 Å². The Morgan fingerprint density at radius 2 is 1.93 bits per heavy atom. The number of imidazole rings is 1. The van der Waals surface area contributed by atoms with Crippen molar-refractivity contribution in [3.63, 3.8) is 0 Å². The highest BCUT2D eigenvalue weighted by Crippen LogP contribution is 2.40. The standard InChI is InChI=1S/C32H33Cl2N3O4/c33-27-10-13-30(31(34)19-27)32(23-37-16-14-35-24-37)40-22-29(41-32)21-39-28-11-8-26(9-12-28)20-36(17-18-38)15-4-7-25-5-2-1-3-6-25/h1-14,16,19,24,29,38H,15,17-18,20-23H2/b7-4+/t29-,32-/m1/s1. The molecule has 214 valence electrons. The lowest BCUT2D eigenvalue weighted by atomic mass is 10.1. The first kappa shape index (κ1) is 29.3. The number of aliphatic hydroxyl groups is 1. The number of hydrogen-bond acceptors (Lipinski definition) is 6. The lowest BCUT2D eigenvalue weighted by molar-refractivity contribution is -0.189. The van der Waals surface area contributed by atoms with Crippen LogP contribution < -0.4 is 4.74 Å². The number of hydrogen-bond donors (Lipinski definition) is 1. The minimum absolute atomic E-state index is 0.105. The number of halogens is 2. The van der Waals surface area contributed by atoms with Crippen molar-refractivity contribution in [1.29, 1.82) is 0 Å². The Labute approximate surface area is 250 Å². The van der Waals surface area contributed by atoms with Gasteiger partial charge in [0.25, 0.3) is 0 Å². The maximum atomic E-state index is 9.53. The molecule has 1 aromatic heterocycles. The van der Waals surface area contributed by atoms with Crippen molar-refractivity contribution in [2.24, 2.45) is 0 Å². The maximum Gasteiger partial charge on any atom is 0.215 e. The van der Waals surface area contributed by atoms with E-state index in [0.717, 1.165) is 30.0 Å². The molecule has 5 rings (SSSR count). The molecule has 1 aliphatic heterocycles. The highest BCUT2D eigenvalue weighted by atomic mass is 35.5. The van der Waals surface area contributed by atoms with Crippen molar-refractivity contribution in [1.82, 2.24) is 14.5 Å². The Hall–Kier alpha value is -3.17. The normalized spacial score (nSPS) is 18.9. The average Bonchev–Trinajstić information content (AvgIpc) is 3.64. The zero-order valence-electron chi connectivity index (χ0n) is 22.6. The summed E-state index contributed by atoms with van der Waals surface area (Å²) < 4.78 is 20.7. The molecule has 9 heteroatoms. The van der Waals surface area contributed by atoms with Crippen LogP contribution in [0, 0.1) is 0 Å². The molecule has 3 aromatic carbocycles. The first-order valence-electron chi connectivity index (χ1n) is 13.5. The Morgan fingerprint density at radius 1 is 1.10 bits per heavy atom. The molecule has 0 radical (unpaired) electrons. The van der Waals surface area contributed by atoms with Gasteiger partial charge < -0.3 is 23.9 Å². The van der Waals surface area contributed by atoms with Crippen molar-refractivity contribution in [3.8, 4) is 5.75 Å². The van der Waals surface area contributed by atoms with Crippen LogP contribution in [-0.4, -0.2) is 58.6 Å². The van der Waals surface area contributed by atoms with Crippen LogP contribution in [0.1, 0.15) is 16.7 Å². The van der Waals surface area contributed by atoms with Gasteiger partial charge >= 0.3 is 0 Å². The summed E-state index contributed by atoms with van der Waals surface area (Å²) in [6, 6.07) is 23.5. The van der Waals surface area contributed by atoms with E-state index in [-0.39, 0.29) is 12.7 Å². The summed E-state index contributed by atoms with van der Waals surface area (Å²) >= 11 is 12.7. The predicted molar refractivity (Wildman–Crippen MR) is 161 cm³/mol. The monoisotopic (exact) mass is 593 g/mol. The fourth-order valence-electron chi connectivity index (χ4n) is 4.79. The summed E-state index contributed by atoms with van der Waals surface area (Å²) in [5, 5.41) is 10.5. The molecule has 0 spiro atoms. The van der Waals surface area contributed by atoms with E-state index in [2.05, 4.69) is 34.2 Å². The molecule has 0 bridgehead atoms. The SMILES string of the molecule is OCCN(C/C=C/c1ccccc1)Cc1ccc(OC[C@@H]2CO[C@@](Cn3ccnc3)(c3ccc(Cl)cc3Cl)O2)cc1. The molecule has 7 nitrogen and oxygen atoms in total. The van der Waals surface area contributed by atoms with Gasteiger partial charge in [-0.3, -0.25) is 4.90 Å². The van der Waals surface area contributed by atoms with E-state index >= 15 is 0 Å². The average molecular weight is 595 g/mol. The lowest BCUT2D eigenvalue weighted by Crippen LogP contribution is -2.34. The zero-order valence-corrected chi connectivity index (χ0v) is 24.1. The molecule has 0 amide bonds. The third-order valence-corrected chi connectivity index (χ3v) is 7.35. The van der Waals surface area contributed by atoms with Gasteiger partial charge in [0, 0.05) is 42.6 Å². The summed E-state index contributed by atoms with van der Waals surface area (Å²) in [7, 11) is 0. The number of benzene rings is 3. The topological polar surface area (TPSA) is 69.0 Å². The first-order valence-corrected chi connectivity index (χ1v) is 14.3. The summed E-state index contributed by atoms with van der Waals surface area (Å²) in [5.74, 6) is -0.350. The van der Waals surface area contributed by atoms with E-state index in [4.69, 9.17) is 37.4 Å². The van der Waals surface area contributed by atoms with Gasteiger partial charge in [0.2, 0.25) is 5.79 Å². The summed E-state index contributed by atoms with van der Waals surface area (Å²) in [6.07, 6.45) is 9.19. The molecule has 1 fully saturated rings. The Bertz CT molecular complexity index is 1400. The number of aromatic nitrogens is 2. The molecule has 0 unspecified atom stereocenters. The predicted octanol–water partition coefficient (Wildman–Crippen LogP) is 6.05. The second-order valence-corrected chi connectivity index (χ2v) is 10.7. The highest BCUT2D eigenvalue weighted by Gasteiger charge is 2.45. The molecule has 1 N–H and O–H groups in total. The van der Waals surface area contributed by atoms with E-state index in [9.17, 15) is 5.11 Å². The van der Waals surface area contributed by atoms with Crippen LogP contribution in [0.25, 0.3) is 6.08 Å². The molecule has 4 aromatic rings. The van der Waals surface area contributed by atoms with E-state index in [0.29, 0.717) is 41.9 Å². The van der Waals surface area contributed by atoms with Crippen molar-refractivity contribution < 1.29 is 19.3 Å². The van der Waals surface area contributed by atoms with E-state index in [1.54, 1.807) is 24.7 Å². The van der Waals surface area contributed by atoms with E-state index in [1.165, 1.54) is 0 Å². The molecular weight excluding hydrogens is 561 g/mol. The van der Waals surface area contributed by atoms with Crippen LogP contribution in [0.2, 0.25) is 10.0 Å². The molecular formula is C32H33Cl2N3O4. The van der Waals surface area contributed by atoms with Gasteiger partial charge in [-0.15, -0.1) is 0 Å². The quantitative estimate of drug-likeness (QED) is 0.204. The molecule has 2 heterocycles. The third kappa shape index (κ3) is 7.98. The van der Waals surface area contributed by atoms with Crippen molar-refractivity contribution >= 4 is 29.3 Å². The molecule has 2 atom stereocenters. The largest absolute Gasteiger partial charge is 0.491 e. The second kappa shape index (κ2) is 14.1. The van der Waals surface area contributed by atoms with Gasteiger partial charge in [-0.25, -0.2) is 4.98 Å². The van der Waals surface area contributed by atoms with Crippen LogP contribution in [0.15, 0.2) is 97.6 Å². The van der Waals surface area contributed by atoms with Crippen molar-refractivity contribution in [2.45, 2.75) is 25.0 Å². The molecule has 0 aliphatic carbocycles. The van der Waals surface area contributed by atoms with E-state index in [1.807, 2.05) is 59.3 Å². The Balaban J connectivity index is 1.17. The van der Waals surface area contributed by atoms with Crippen LogP contribution in [0.5, 0.6) is 5.75 Å². The molecule has 1 saturated heterocycles. The number of rotatable bonds is 13. The van der Waals surface area contributed by atoms with Crippen LogP contribution in [0.3, 0.4) is 0 Å². The highest BCUT2D eigenvalue weighted by molar-refractivity contribution is 6.35. The number of aliphatic hydroxyl groups excluding tert-OH is 1. The van der Waals surface area contributed by atoms with Gasteiger partial charge in [-0.2, -0.15) is 0 Å². The molecule has 1 aliphatic rings. The third-order valence-electron chi connectivity index (χ3n) is 6.81. The van der Waals surface area contributed by atoms with Gasteiger partial charge in [-0.1, -0.05) is 83.9 Å². The fourth-order valence-corrected chi connectivity index (χ4v) is 5.34. The maximum absolute atomic E-state index is 9.53. The van der Waals surface area contributed by atoms with Crippen LogP contribution in [0.4, 0.5) is 0 Å². The minimum atomic E-state index is -1.09. The van der Waals surface area contributed by atoms with Crippen LogP contribution >= 0.6 is 23.2 Å². The minimum Gasteiger partial charge on any atom is -0.491 e. The van der Waals surface area contributed by atoms with Crippen molar-refractivity contribution in [3.05, 3.63) is 124 Å². The Kier molecular flexibility index (Phi) is 10.1. The zero-order chi connectivity index (χ0) is 28.5. The second-order valence-electron chi connectivity index (χ2n) is 9.89. The smallest absolute Gasteiger partial charge is 0.215 e. The summed E-state index contributed by atoms with van der Waals surface area (Å²) in [4.78, 5) is 6.33. The van der Waals surface area contributed by atoms with E-state index < -0.39 is 5.79 Å².